The van der Waals surface area contributed by atoms with Gasteiger partial charge in [-0.15, -0.1) is 0 Å². The minimum atomic E-state index is -1.04. The van der Waals surface area contributed by atoms with E-state index in [1.165, 1.54) is 22.1 Å². The van der Waals surface area contributed by atoms with Crippen molar-refractivity contribution in [3.8, 4) is 0 Å². The highest BCUT2D eigenvalue weighted by molar-refractivity contribution is 7.99. The van der Waals surface area contributed by atoms with Crippen LogP contribution in [-0.2, 0) is 11.3 Å². The minimum absolute atomic E-state index is 0.160. The number of carbonyl (C=O) groups is 3. The highest BCUT2D eigenvalue weighted by Gasteiger charge is 2.46. The average Bonchev–Trinajstić information content (AvgIpc) is 3.19. The first-order valence-electron chi connectivity index (χ1n) is 11.4. The third-order valence-electron chi connectivity index (χ3n) is 6.26. The summed E-state index contributed by atoms with van der Waals surface area (Å²) in [5, 5.41) is 10.4. The van der Waals surface area contributed by atoms with Gasteiger partial charge < -0.3 is 15.5 Å². The molecule has 3 rings (SSSR count). The van der Waals surface area contributed by atoms with Gasteiger partial charge in [0.25, 0.3) is 11.8 Å². The average molecular weight is 450 g/mol. The highest BCUT2D eigenvalue weighted by atomic mass is 32.2. The van der Waals surface area contributed by atoms with E-state index in [0.717, 1.165) is 50.0 Å². The zero-order valence-corrected chi connectivity index (χ0v) is 19.7. The summed E-state index contributed by atoms with van der Waals surface area (Å²) >= 11 is 1.88. The normalized spacial score (nSPS) is 21.6. The van der Waals surface area contributed by atoms with E-state index >= 15 is 0 Å². The summed E-state index contributed by atoms with van der Waals surface area (Å²) in [6.07, 6.45) is 7.45. The largest absolute Gasteiger partial charge is 0.351 e. The fourth-order valence-corrected chi connectivity index (χ4v) is 4.98. The van der Waals surface area contributed by atoms with Crippen LogP contribution in [0.15, 0.2) is 6.07 Å². The molecule has 172 valence electrons. The van der Waals surface area contributed by atoms with E-state index in [0.29, 0.717) is 12.2 Å². The Hall–Kier alpha value is -2.03. The van der Waals surface area contributed by atoms with Gasteiger partial charge in [-0.2, -0.15) is 16.9 Å². The maximum absolute atomic E-state index is 13.1. The van der Waals surface area contributed by atoms with E-state index in [-0.39, 0.29) is 36.0 Å². The van der Waals surface area contributed by atoms with Gasteiger partial charge in [0.2, 0.25) is 5.91 Å². The Kier molecular flexibility index (Phi) is 8.02. The number of rotatable bonds is 9. The summed E-state index contributed by atoms with van der Waals surface area (Å²) in [6, 6.07) is 1.69. The maximum Gasteiger partial charge on any atom is 0.272 e. The van der Waals surface area contributed by atoms with Crippen molar-refractivity contribution in [1.82, 2.24) is 25.3 Å². The summed E-state index contributed by atoms with van der Waals surface area (Å²) in [5.41, 5.74) is -0.485. The number of nitrogens with zero attached hydrogens (tertiary/aromatic N) is 3. The Morgan fingerprint density at radius 1 is 1.26 bits per heavy atom. The lowest BCUT2D eigenvalue weighted by Gasteiger charge is -2.41. The molecule has 31 heavy (non-hydrogen) atoms. The number of hydrogen-bond donors (Lipinski definition) is 2. The van der Waals surface area contributed by atoms with Crippen LogP contribution in [0.3, 0.4) is 0 Å². The van der Waals surface area contributed by atoms with E-state index in [1.54, 1.807) is 14.0 Å². The van der Waals surface area contributed by atoms with Crippen LogP contribution in [0.25, 0.3) is 0 Å². The summed E-state index contributed by atoms with van der Waals surface area (Å²) in [6.45, 7) is 4.72. The van der Waals surface area contributed by atoms with Crippen molar-refractivity contribution in [2.24, 2.45) is 0 Å². The van der Waals surface area contributed by atoms with Gasteiger partial charge in [-0.3, -0.25) is 19.1 Å². The van der Waals surface area contributed by atoms with Crippen molar-refractivity contribution in [3.05, 3.63) is 17.5 Å². The molecule has 0 saturated heterocycles. The highest BCUT2D eigenvalue weighted by Crippen LogP contribution is 2.27. The number of carbonyl (C=O) groups excluding carboxylic acids is 3. The lowest BCUT2D eigenvalue weighted by Crippen LogP contribution is -2.63. The molecular formula is C22H35N5O3S. The van der Waals surface area contributed by atoms with Crippen LogP contribution in [-0.4, -0.2) is 69.1 Å². The summed E-state index contributed by atoms with van der Waals surface area (Å²) < 4.78 is 1.51. The van der Waals surface area contributed by atoms with Crippen molar-refractivity contribution >= 4 is 29.5 Å². The van der Waals surface area contributed by atoms with Gasteiger partial charge in [0, 0.05) is 25.7 Å². The number of aromatic nitrogens is 2. The molecule has 1 aliphatic carbocycles. The van der Waals surface area contributed by atoms with Crippen molar-refractivity contribution in [1.29, 1.82) is 0 Å². The van der Waals surface area contributed by atoms with E-state index in [4.69, 9.17) is 0 Å². The van der Waals surface area contributed by atoms with Crippen molar-refractivity contribution < 1.29 is 14.4 Å². The quantitative estimate of drug-likeness (QED) is 0.565. The van der Waals surface area contributed by atoms with Gasteiger partial charge in [0.15, 0.2) is 5.69 Å². The standard InChI is InChI=1S/C22H35N5O3S/c1-4-12-31-13-8-11-23-19(28)17-14-18-20(29)26(3)22(2,15-27(18)25-17)21(30)24-16-9-6-5-7-10-16/h14,16H,4-13,15H2,1-3H3,(H,23,28)(H,24,30). The van der Waals surface area contributed by atoms with Crippen LogP contribution in [0.2, 0.25) is 0 Å². The Balaban J connectivity index is 1.64. The van der Waals surface area contributed by atoms with E-state index in [2.05, 4.69) is 22.7 Å². The molecule has 1 saturated carbocycles. The maximum atomic E-state index is 13.1. The molecule has 2 N–H and O–H groups in total. The molecule has 1 unspecified atom stereocenters. The van der Waals surface area contributed by atoms with Gasteiger partial charge in [-0.25, -0.2) is 0 Å². The van der Waals surface area contributed by atoms with Crippen molar-refractivity contribution in [3.63, 3.8) is 0 Å². The topological polar surface area (TPSA) is 96.3 Å². The smallest absolute Gasteiger partial charge is 0.272 e. The van der Waals surface area contributed by atoms with Crippen LogP contribution >= 0.6 is 11.8 Å². The number of nitrogens with one attached hydrogen (secondary N) is 2. The molecule has 3 amide bonds. The van der Waals surface area contributed by atoms with Crippen LogP contribution in [0, 0.1) is 0 Å². The second-order valence-electron chi connectivity index (χ2n) is 8.74. The molecule has 0 spiro atoms. The number of amides is 3. The SMILES string of the molecule is CCCSCCCNC(=O)c1cc2n(n1)CC(C)(C(=O)NC1CCCCC1)N(C)C2=O. The summed E-state index contributed by atoms with van der Waals surface area (Å²) in [5.74, 6) is 1.39. The van der Waals surface area contributed by atoms with Crippen LogP contribution in [0.4, 0.5) is 0 Å². The van der Waals surface area contributed by atoms with Crippen LogP contribution in [0.1, 0.15) is 79.8 Å². The summed E-state index contributed by atoms with van der Waals surface area (Å²) in [7, 11) is 1.65. The first-order valence-corrected chi connectivity index (χ1v) is 12.5. The predicted molar refractivity (Wildman–Crippen MR) is 122 cm³/mol. The Morgan fingerprint density at radius 3 is 2.71 bits per heavy atom. The summed E-state index contributed by atoms with van der Waals surface area (Å²) in [4.78, 5) is 40.1. The van der Waals surface area contributed by atoms with Crippen molar-refractivity contribution in [2.75, 3.05) is 25.1 Å². The third kappa shape index (κ3) is 5.42. The van der Waals surface area contributed by atoms with Crippen molar-refractivity contribution in [2.45, 2.75) is 76.9 Å². The molecule has 2 heterocycles. The third-order valence-corrected chi connectivity index (χ3v) is 7.54. The monoisotopic (exact) mass is 449 g/mol. The Bertz CT molecular complexity index is 805. The van der Waals surface area contributed by atoms with Gasteiger partial charge >= 0.3 is 0 Å². The van der Waals surface area contributed by atoms with Gasteiger partial charge in [-0.05, 0) is 44.1 Å². The fraction of sp³-hybridized carbons (Fsp3) is 0.727. The molecule has 1 atom stereocenters. The van der Waals surface area contributed by atoms with Crippen LogP contribution < -0.4 is 10.6 Å². The molecule has 0 aromatic carbocycles. The lowest BCUT2D eigenvalue weighted by molar-refractivity contribution is -0.133. The van der Waals surface area contributed by atoms with Gasteiger partial charge in [0.05, 0.1) is 6.54 Å². The molecule has 1 fully saturated rings. The molecule has 2 aliphatic rings. The first kappa shape index (κ1) is 23.6. The van der Waals surface area contributed by atoms with Gasteiger partial charge in [-0.1, -0.05) is 26.2 Å². The predicted octanol–water partition coefficient (Wildman–Crippen LogP) is 2.44. The molecule has 0 radical (unpaired) electrons. The zero-order chi connectivity index (χ0) is 22.4. The molecule has 1 aliphatic heterocycles. The second-order valence-corrected chi connectivity index (χ2v) is 9.97. The number of thioether (sulfide) groups is 1. The van der Waals surface area contributed by atoms with E-state index in [9.17, 15) is 14.4 Å². The van der Waals surface area contributed by atoms with E-state index in [1.807, 2.05) is 11.8 Å². The molecular weight excluding hydrogens is 414 g/mol. The van der Waals surface area contributed by atoms with Crippen LogP contribution in [0.5, 0.6) is 0 Å². The van der Waals surface area contributed by atoms with E-state index < -0.39 is 5.54 Å². The second kappa shape index (κ2) is 10.5. The molecule has 8 nitrogen and oxygen atoms in total. The molecule has 9 heteroatoms. The molecule has 0 bridgehead atoms. The zero-order valence-electron chi connectivity index (χ0n) is 18.9. The molecule has 1 aromatic heterocycles. The minimum Gasteiger partial charge on any atom is -0.351 e. The Morgan fingerprint density at radius 2 is 2.00 bits per heavy atom. The number of hydrogen-bond acceptors (Lipinski definition) is 5. The number of likely N-dealkylation sites (N-methyl/N-ethyl adjacent to an activating group) is 1. The molecule has 1 aromatic rings. The lowest BCUT2D eigenvalue weighted by atomic mass is 9.92. The number of fused-ring (bicyclic) bond motifs is 1. The van der Waals surface area contributed by atoms with Gasteiger partial charge in [0.1, 0.15) is 11.2 Å². The first-order chi connectivity index (χ1) is 14.9. The fourth-order valence-electron chi connectivity index (χ4n) is 4.14. The Labute approximate surface area is 188 Å².